The van der Waals surface area contributed by atoms with Gasteiger partial charge in [-0.3, -0.25) is 0 Å². The molecule has 0 bridgehead atoms. The maximum atomic E-state index is 13.7. The normalized spacial score (nSPS) is 16.6. The highest BCUT2D eigenvalue weighted by Gasteiger charge is 2.45. The number of aryl methyl sites for hydroxylation is 2. The second-order valence-electron chi connectivity index (χ2n) is 7.97. The lowest BCUT2D eigenvalue weighted by atomic mass is 10.2. The van der Waals surface area contributed by atoms with Gasteiger partial charge in [-0.05, 0) is 50.2 Å². The smallest absolute Gasteiger partial charge is 0.205 e. The van der Waals surface area contributed by atoms with E-state index in [2.05, 4.69) is 4.40 Å². The lowest BCUT2D eigenvalue weighted by molar-refractivity contribution is 0.286. The van der Waals surface area contributed by atoms with Gasteiger partial charge in [-0.25, -0.2) is 8.42 Å². The Bertz CT molecular complexity index is 1580. The first-order valence-electron chi connectivity index (χ1n) is 10.5. The van der Waals surface area contributed by atoms with E-state index in [0.29, 0.717) is 8.83 Å². The number of rotatable bonds is 6. The van der Waals surface area contributed by atoms with Crippen molar-refractivity contribution in [1.82, 2.24) is 8.83 Å². The van der Waals surface area contributed by atoms with Crippen molar-refractivity contribution in [3.63, 3.8) is 0 Å². The van der Waals surface area contributed by atoms with Crippen molar-refractivity contribution >= 4 is 35.9 Å². The molecule has 0 unspecified atom stereocenters. The van der Waals surface area contributed by atoms with E-state index >= 15 is 0 Å². The summed E-state index contributed by atoms with van der Waals surface area (Å²) in [6.07, 6.45) is -0.220. The van der Waals surface area contributed by atoms with Crippen molar-refractivity contribution < 1.29 is 25.3 Å². The van der Waals surface area contributed by atoms with E-state index in [4.69, 9.17) is 0 Å². The van der Waals surface area contributed by atoms with Crippen LogP contribution >= 0.6 is 0 Å². The van der Waals surface area contributed by atoms with Gasteiger partial charge in [-0.15, -0.1) is 4.40 Å². The molecule has 184 valence electrons. The minimum atomic E-state index is -4.52. The first-order chi connectivity index (χ1) is 16.4. The molecule has 0 aliphatic carbocycles. The van der Waals surface area contributed by atoms with Crippen LogP contribution in [-0.4, -0.2) is 46.5 Å². The van der Waals surface area contributed by atoms with Gasteiger partial charge in [-0.1, -0.05) is 58.0 Å². The first kappa shape index (κ1) is 25.0. The highest BCUT2D eigenvalue weighted by molar-refractivity contribution is 7.93. The molecule has 1 heterocycles. The molecule has 1 fully saturated rings. The SMILES string of the molecule is Cc1ccc(S(=O)(=O)N=C2CCN(S(=O)(=O)c3ccccc3)N2S(=O)(=O)c2ccc(C)cc2)cc1. The quantitative estimate of drug-likeness (QED) is 0.480. The molecule has 12 heteroatoms. The van der Waals surface area contributed by atoms with Crippen molar-refractivity contribution in [1.29, 1.82) is 0 Å². The standard InChI is InChI=1S/C23H23N3O6S3/c1-18-8-12-20(13-9-18)33(27,28)24-23-16-17-25(34(29,30)21-6-4-3-5-7-21)26(23)35(31,32)22-14-10-19(2)11-15-22/h3-15H,16-17H2,1-2H3. The van der Waals surface area contributed by atoms with Crippen LogP contribution < -0.4 is 0 Å². The fourth-order valence-corrected chi connectivity index (χ4v) is 7.88. The van der Waals surface area contributed by atoms with Gasteiger partial charge >= 0.3 is 0 Å². The molecule has 0 aromatic heterocycles. The third kappa shape index (κ3) is 4.87. The summed E-state index contributed by atoms with van der Waals surface area (Å²) in [5.74, 6) is -0.411. The van der Waals surface area contributed by atoms with Crippen molar-refractivity contribution in [3.8, 4) is 0 Å². The molecule has 1 aliphatic heterocycles. The molecule has 35 heavy (non-hydrogen) atoms. The predicted octanol–water partition coefficient (Wildman–Crippen LogP) is 3.09. The fourth-order valence-electron chi connectivity index (χ4n) is 3.49. The summed E-state index contributed by atoms with van der Waals surface area (Å²) in [6.45, 7) is 3.27. The number of hydrogen-bond donors (Lipinski definition) is 0. The van der Waals surface area contributed by atoms with Crippen molar-refractivity contribution in [2.24, 2.45) is 4.40 Å². The van der Waals surface area contributed by atoms with Gasteiger partial charge in [0.05, 0.1) is 14.7 Å². The van der Waals surface area contributed by atoms with Gasteiger partial charge in [0, 0.05) is 13.0 Å². The molecule has 0 saturated carbocycles. The van der Waals surface area contributed by atoms with Gasteiger partial charge in [0.1, 0.15) is 0 Å². The number of benzene rings is 3. The molecular formula is C23H23N3O6S3. The van der Waals surface area contributed by atoms with Crippen LogP contribution in [0.15, 0.2) is 97.9 Å². The molecule has 0 spiro atoms. The number of nitrogens with zero attached hydrogens (tertiary/aromatic N) is 3. The summed E-state index contributed by atoms with van der Waals surface area (Å²) in [5, 5.41) is 0. The minimum Gasteiger partial charge on any atom is -0.205 e. The van der Waals surface area contributed by atoms with Gasteiger partial charge in [0.15, 0.2) is 5.84 Å². The van der Waals surface area contributed by atoms with Crippen LogP contribution in [0.1, 0.15) is 17.5 Å². The van der Waals surface area contributed by atoms with Crippen LogP contribution in [0.2, 0.25) is 0 Å². The fraction of sp³-hybridized carbons (Fsp3) is 0.174. The summed E-state index contributed by atoms with van der Waals surface area (Å²) in [6, 6.07) is 19.0. The Morgan fingerprint density at radius 2 is 1.11 bits per heavy atom. The Labute approximate surface area is 205 Å². The third-order valence-electron chi connectivity index (χ3n) is 5.36. The lowest BCUT2D eigenvalue weighted by Gasteiger charge is -2.28. The van der Waals surface area contributed by atoms with E-state index in [1.54, 1.807) is 44.2 Å². The Morgan fingerprint density at radius 1 is 0.629 bits per heavy atom. The van der Waals surface area contributed by atoms with Crippen LogP contribution in [0.5, 0.6) is 0 Å². The molecule has 3 aromatic carbocycles. The molecule has 0 radical (unpaired) electrons. The summed E-state index contributed by atoms with van der Waals surface area (Å²) in [4.78, 5) is -0.460. The molecule has 1 saturated heterocycles. The average Bonchev–Trinajstić information content (AvgIpc) is 3.25. The first-order valence-corrected chi connectivity index (χ1v) is 14.9. The van der Waals surface area contributed by atoms with Crippen molar-refractivity contribution in [2.75, 3.05) is 6.54 Å². The van der Waals surface area contributed by atoms with Crippen LogP contribution in [0, 0.1) is 13.8 Å². The third-order valence-corrected chi connectivity index (χ3v) is 10.3. The van der Waals surface area contributed by atoms with Crippen molar-refractivity contribution in [2.45, 2.75) is 35.0 Å². The number of hydrogen-bond acceptors (Lipinski definition) is 6. The highest BCUT2D eigenvalue weighted by Crippen LogP contribution is 2.31. The van der Waals surface area contributed by atoms with Gasteiger partial charge in [0.2, 0.25) is 0 Å². The second kappa shape index (κ2) is 9.19. The zero-order chi connectivity index (χ0) is 25.4. The number of amidine groups is 1. The maximum absolute atomic E-state index is 13.7. The lowest BCUT2D eigenvalue weighted by Crippen LogP contribution is -2.46. The molecule has 3 aromatic rings. The van der Waals surface area contributed by atoms with Gasteiger partial charge in [0.25, 0.3) is 30.1 Å². The van der Waals surface area contributed by atoms with Crippen molar-refractivity contribution in [3.05, 3.63) is 90.0 Å². The average molecular weight is 534 g/mol. The Kier molecular flexibility index (Phi) is 6.58. The summed E-state index contributed by atoms with van der Waals surface area (Å²) >= 11 is 0. The Balaban J connectivity index is 1.88. The molecule has 0 atom stereocenters. The summed E-state index contributed by atoms with van der Waals surface area (Å²) in [7, 11) is -13.2. The summed E-state index contributed by atoms with van der Waals surface area (Å²) < 4.78 is 85.1. The van der Waals surface area contributed by atoms with Crippen LogP contribution in [0.25, 0.3) is 0 Å². The van der Waals surface area contributed by atoms with E-state index in [0.717, 1.165) is 11.1 Å². The predicted molar refractivity (Wildman–Crippen MR) is 131 cm³/mol. The van der Waals surface area contributed by atoms with E-state index in [-0.39, 0.29) is 27.7 Å². The number of hydrazine groups is 1. The molecule has 0 N–H and O–H groups in total. The van der Waals surface area contributed by atoms with Gasteiger partial charge < -0.3 is 0 Å². The Morgan fingerprint density at radius 3 is 1.66 bits per heavy atom. The topological polar surface area (TPSA) is 121 Å². The van der Waals surface area contributed by atoms with Crippen LogP contribution in [0.4, 0.5) is 0 Å². The molecular weight excluding hydrogens is 510 g/mol. The Hall–Kier alpha value is -3.06. The highest BCUT2D eigenvalue weighted by atomic mass is 32.2. The van der Waals surface area contributed by atoms with E-state index < -0.39 is 35.9 Å². The number of sulfonamides is 3. The zero-order valence-corrected chi connectivity index (χ0v) is 21.4. The van der Waals surface area contributed by atoms with E-state index in [1.165, 1.54) is 48.5 Å². The monoisotopic (exact) mass is 533 g/mol. The molecule has 1 aliphatic rings. The van der Waals surface area contributed by atoms with E-state index in [9.17, 15) is 25.3 Å². The van der Waals surface area contributed by atoms with Crippen LogP contribution in [-0.2, 0) is 30.1 Å². The van der Waals surface area contributed by atoms with Crippen LogP contribution in [0.3, 0.4) is 0 Å². The summed E-state index contributed by atoms with van der Waals surface area (Å²) in [5.41, 5.74) is 1.64. The second-order valence-corrected chi connectivity index (χ2v) is 13.2. The largest absolute Gasteiger partial charge is 0.284 e. The zero-order valence-electron chi connectivity index (χ0n) is 18.9. The maximum Gasteiger partial charge on any atom is 0.284 e. The molecule has 0 amide bonds. The van der Waals surface area contributed by atoms with E-state index in [1.807, 2.05) is 0 Å². The van der Waals surface area contributed by atoms with Gasteiger partial charge in [-0.2, -0.15) is 21.2 Å². The minimum absolute atomic E-state index is 0.132. The molecule has 4 rings (SSSR count). The molecule has 9 nitrogen and oxygen atoms in total.